The average Bonchev–Trinajstić information content (AvgIpc) is 2.43. The van der Waals surface area contributed by atoms with Crippen LogP contribution in [0.5, 0.6) is 5.75 Å². The lowest BCUT2D eigenvalue weighted by Crippen LogP contribution is -2.16. The molecule has 0 aliphatic carbocycles. The summed E-state index contributed by atoms with van der Waals surface area (Å²) in [4.78, 5) is 31.3. The lowest BCUT2D eigenvalue weighted by atomic mass is 10.2. The van der Waals surface area contributed by atoms with E-state index in [2.05, 4.69) is 0 Å². The summed E-state index contributed by atoms with van der Waals surface area (Å²) in [5.41, 5.74) is -0.889. The Hall–Kier alpha value is -2.16. The molecular formula is C11H12N2O6S. The highest BCUT2D eigenvalue weighted by Gasteiger charge is 2.22. The standard InChI is InChI=1S/C11H12N2O6S/c1-7(11(14)20-2)6-19-10-4-3-8(12(15)16)5-9(10)13(17)18/h3-5,7H,6H2,1-2H3. The van der Waals surface area contributed by atoms with Gasteiger partial charge >= 0.3 is 5.69 Å². The van der Waals surface area contributed by atoms with E-state index in [4.69, 9.17) is 4.74 Å². The molecular weight excluding hydrogens is 288 g/mol. The number of nitro benzene ring substituents is 2. The van der Waals surface area contributed by atoms with Crippen LogP contribution < -0.4 is 4.74 Å². The molecule has 0 radical (unpaired) electrons. The number of hydrogen-bond acceptors (Lipinski definition) is 7. The Balaban J connectivity index is 2.92. The molecule has 1 aromatic carbocycles. The zero-order valence-corrected chi connectivity index (χ0v) is 11.6. The summed E-state index contributed by atoms with van der Waals surface area (Å²) in [6, 6.07) is 3.10. The van der Waals surface area contributed by atoms with E-state index >= 15 is 0 Å². The highest BCUT2D eigenvalue weighted by Crippen LogP contribution is 2.31. The van der Waals surface area contributed by atoms with Gasteiger partial charge in [0.05, 0.1) is 28.4 Å². The third-order valence-electron chi connectivity index (χ3n) is 2.44. The van der Waals surface area contributed by atoms with Crippen LogP contribution in [0.2, 0.25) is 0 Å². The van der Waals surface area contributed by atoms with Gasteiger partial charge in [-0.1, -0.05) is 18.7 Å². The maximum atomic E-state index is 11.4. The third-order valence-corrected chi connectivity index (χ3v) is 3.25. The maximum Gasteiger partial charge on any atom is 0.317 e. The smallest absolute Gasteiger partial charge is 0.317 e. The van der Waals surface area contributed by atoms with Crippen molar-refractivity contribution in [3.8, 4) is 5.75 Å². The zero-order chi connectivity index (χ0) is 15.3. The van der Waals surface area contributed by atoms with Crippen LogP contribution in [0.25, 0.3) is 0 Å². The monoisotopic (exact) mass is 300 g/mol. The van der Waals surface area contributed by atoms with Gasteiger partial charge in [0.1, 0.15) is 0 Å². The summed E-state index contributed by atoms with van der Waals surface area (Å²) in [5, 5.41) is 21.3. The number of thioether (sulfide) groups is 1. The number of carbonyl (C=O) groups excluding carboxylic acids is 1. The van der Waals surface area contributed by atoms with Crippen molar-refractivity contribution in [2.45, 2.75) is 6.92 Å². The van der Waals surface area contributed by atoms with Gasteiger partial charge in [-0.15, -0.1) is 0 Å². The summed E-state index contributed by atoms with van der Waals surface area (Å²) in [5.74, 6) is -0.527. The van der Waals surface area contributed by atoms with Crippen molar-refractivity contribution in [1.29, 1.82) is 0 Å². The first-order valence-corrected chi connectivity index (χ1v) is 6.72. The molecule has 20 heavy (non-hydrogen) atoms. The van der Waals surface area contributed by atoms with Crippen LogP contribution in [0.1, 0.15) is 6.92 Å². The highest BCUT2D eigenvalue weighted by atomic mass is 32.2. The van der Waals surface area contributed by atoms with Crippen LogP contribution in [-0.2, 0) is 4.79 Å². The molecule has 0 spiro atoms. The van der Waals surface area contributed by atoms with E-state index in [0.717, 1.165) is 30.0 Å². The summed E-state index contributed by atoms with van der Waals surface area (Å²) in [6.07, 6.45) is 1.63. The number of carbonyl (C=O) groups is 1. The van der Waals surface area contributed by atoms with Crippen LogP contribution in [-0.4, -0.2) is 27.8 Å². The molecule has 0 fully saturated rings. The quantitative estimate of drug-likeness (QED) is 0.585. The maximum absolute atomic E-state index is 11.4. The Morgan fingerprint density at radius 3 is 2.50 bits per heavy atom. The summed E-state index contributed by atoms with van der Waals surface area (Å²) in [6.45, 7) is 1.61. The van der Waals surface area contributed by atoms with Gasteiger partial charge in [-0.3, -0.25) is 25.0 Å². The summed E-state index contributed by atoms with van der Waals surface area (Å²) in [7, 11) is 0. The molecule has 0 amide bonds. The molecule has 108 valence electrons. The lowest BCUT2D eigenvalue weighted by molar-refractivity contribution is -0.394. The van der Waals surface area contributed by atoms with Crippen molar-refractivity contribution in [3.63, 3.8) is 0 Å². The number of benzene rings is 1. The fourth-order valence-corrected chi connectivity index (χ4v) is 1.84. The molecule has 0 aromatic heterocycles. The van der Waals surface area contributed by atoms with E-state index in [1.54, 1.807) is 13.2 Å². The van der Waals surface area contributed by atoms with Crippen LogP contribution in [0.15, 0.2) is 18.2 Å². The Morgan fingerprint density at radius 1 is 1.35 bits per heavy atom. The van der Waals surface area contributed by atoms with Crippen molar-refractivity contribution in [2.75, 3.05) is 12.9 Å². The first-order chi connectivity index (χ1) is 9.36. The molecule has 0 N–H and O–H groups in total. The van der Waals surface area contributed by atoms with Crippen molar-refractivity contribution < 1.29 is 19.4 Å². The fraction of sp³-hybridized carbons (Fsp3) is 0.364. The molecule has 0 aliphatic heterocycles. The second-order valence-corrected chi connectivity index (χ2v) is 4.71. The number of rotatable bonds is 6. The number of ether oxygens (including phenoxy) is 1. The van der Waals surface area contributed by atoms with Crippen molar-refractivity contribution in [2.24, 2.45) is 5.92 Å². The van der Waals surface area contributed by atoms with Gasteiger partial charge < -0.3 is 4.74 Å². The van der Waals surface area contributed by atoms with E-state index in [-0.39, 0.29) is 17.5 Å². The Labute approximate surface area is 118 Å². The Kier molecular flexibility index (Phi) is 5.44. The minimum atomic E-state index is -0.761. The van der Waals surface area contributed by atoms with E-state index in [9.17, 15) is 25.0 Å². The first kappa shape index (κ1) is 15.9. The molecule has 1 atom stereocenters. The fourth-order valence-electron chi connectivity index (χ4n) is 1.37. The summed E-state index contributed by atoms with van der Waals surface area (Å²) >= 11 is 1.04. The second kappa shape index (κ2) is 6.85. The van der Waals surface area contributed by atoms with E-state index in [0.29, 0.717) is 0 Å². The van der Waals surface area contributed by atoms with Gasteiger partial charge in [0.15, 0.2) is 10.9 Å². The van der Waals surface area contributed by atoms with Gasteiger partial charge in [0.2, 0.25) is 0 Å². The van der Waals surface area contributed by atoms with Crippen molar-refractivity contribution >= 4 is 28.3 Å². The van der Waals surface area contributed by atoms with E-state index in [1.165, 1.54) is 0 Å². The SMILES string of the molecule is CSC(=O)C(C)COc1ccc([N+](=O)[O-])cc1[N+](=O)[O-]. The predicted molar refractivity (Wildman–Crippen MR) is 72.9 cm³/mol. The van der Waals surface area contributed by atoms with Gasteiger partial charge in [-0.05, 0) is 12.3 Å². The lowest BCUT2D eigenvalue weighted by Gasteiger charge is -2.10. The second-order valence-electron chi connectivity index (χ2n) is 3.90. The van der Waals surface area contributed by atoms with E-state index < -0.39 is 27.1 Å². The van der Waals surface area contributed by atoms with E-state index in [1.807, 2.05) is 0 Å². The van der Waals surface area contributed by atoms with Gasteiger partial charge in [-0.2, -0.15) is 0 Å². The molecule has 9 heteroatoms. The highest BCUT2D eigenvalue weighted by molar-refractivity contribution is 8.13. The topological polar surface area (TPSA) is 113 Å². The number of non-ortho nitro benzene ring substituents is 1. The van der Waals surface area contributed by atoms with Gasteiger partial charge in [-0.25, -0.2) is 0 Å². The Bertz CT molecular complexity index is 548. The molecule has 1 aromatic rings. The number of nitro groups is 2. The molecule has 0 bridgehead atoms. The summed E-state index contributed by atoms with van der Waals surface area (Å²) < 4.78 is 5.22. The van der Waals surface area contributed by atoms with Crippen LogP contribution in [0, 0.1) is 26.1 Å². The van der Waals surface area contributed by atoms with Crippen molar-refractivity contribution in [3.05, 3.63) is 38.4 Å². The minimum Gasteiger partial charge on any atom is -0.486 e. The average molecular weight is 300 g/mol. The zero-order valence-electron chi connectivity index (χ0n) is 10.8. The van der Waals surface area contributed by atoms with Gasteiger partial charge in [0.25, 0.3) is 5.69 Å². The van der Waals surface area contributed by atoms with Gasteiger partial charge in [0, 0.05) is 6.07 Å². The first-order valence-electron chi connectivity index (χ1n) is 5.50. The predicted octanol–water partition coefficient (Wildman–Crippen LogP) is 2.41. The molecule has 0 saturated heterocycles. The molecule has 1 unspecified atom stereocenters. The molecule has 0 aliphatic rings. The van der Waals surface area contributed by atoms with Crippen LogP contribution in [0.4, 0.5) is 11.4 Å². The number of hydrogen-bond donors (Lipinski definition) is 0. The molecule has 0 heterocycles. The van der Waals surface area contributed by atoms with Crippen LogP contribution >= 0.6 is 11.8 Å². The molecule has 8 nitrogen and oxygen atoms in total. The van der Waals surface area contributed by atoms with Crippen LogP contribution in [0.3, 0.4) is 0 Å². The number of nitrogens with zero attached hydrogens (tertiary/aromatic N) is 2. The molecule has 1 rings (SSSR count). The van der Waals surface area contributed by atoms with Crippen molar-refractivity contribution in [1.82, 2.24) is 0 Å². The minimum absolute atomic E-state index is 0.0294. The molecule has 0 saturated carbocycles. The third kappa shape index (κ3) is 3.92. The largest absolute Gasteiger partial charge is 0.486 e. The normalized spacial score (nSPS) is 11.7. The Morgan fingerprint density at radius 2 is 2.00 bits per heavy atom.